The number of anilines is 1. The lowest BCUT2D eigenvalue weighted by Gasteiger charge is -2.08. The van der Waals surface area contributed by atoms with Gasteiger partial charge in [0.25, 0.3) is 0 Å². The summed E-state index contributed by atoms with van der Waals surface area (Å²) in [5, 5.41) is 5.63. The summed E-state index contributed by atoms with van der Waals surface area (Å²) >= 11 is 3.42. The Morgan fingerprint density at radius 2 is 2.10 bits per heavy atom. The van der Waals surface area contributed by atoms with E-state index in [2.05, 4.69) is 33.5 Å². The zero-order valence-corrected chi connectivity index (χ0v) is 13.3. The van der Waals surface area contributed by atoms with E-state index < -0.39 is 0 Å². The van der Waals surface area contributed by atoms with Crippen LogP contribution in [0.2, 0.25) is 0 Å². The van der Waals surface area contributed by atoms with Gasteiger partial charge >= 0.3 is 0 Å². The quantitative estimate of drug-likeness (QED) is 0.867. The van der Waals surface area contributed by atoms with E-state index in [9.17, 15) is 9.59 Å². The third-order valence-corrected chi connectivity index (χ3v) is 4.15. The molecule has 1 aliphatic rings. The van der Waals surface area contributed by atoms with Crippen LogP contribution in [0.5, 0.6) is 0 Å². The van der Waals surface area contributed by atoms with Gasteiger partial charge in [0.05, 0.1) is 5.69 Å². The second kappa shape index (κ2) is 6.39. The molecule has 0 saturated heterocycles. The van der Waals surface area contributed by atoms with Crippen molar-refractivity contribution in [1.29, 1.82) is 0 Å². The molecule has 1 saturated carbocycles. The Bertz CT molecular complexity index is 531. The van der Waals surface area contributed by atoms with Crippen LogP contribution in [0.1, 0.15) is 25.3 Å². The monoisotopic (exact) mass is 338 g/mol. The highest BCUT2D eigenvalue weighted by Gasteiger charge is 2.38. The molecule has 2 amide bonds. The molecule has 0 unspecified atom stereocenters. The van der Waals surface area contributed by atoms with Crippen LogP contribution in [0.4, 0.5) is 5.69 Å². The lowest BCUT2D eigenvalue weighted by molar-refractivity contribution is -0.122. The van der Waals surface area contributed by atoms with Gasteiger partial charge < -0.3 is 10.6 Å². The standard InChI is InChI=1S/C15H19BrN2O2/c1-9-3-4-13(12(16)7-9)18-14(19)5-6-17-15(20)11-8-10(11)2/h3-4,7,10-11H,5-6,8H2,1-2H3,(H,17,20)(H,18,19)/t10-,11-/m0/s1. The molecule has 1 aromatic rings. The number of carbonyl (C=O) groups excluding carboxylic acids is 2. The van der Waals surface area contributed by atoms with Gasteiger partial charge in [-0.05, 0) is 52.9 Å². The minimum Gasteiger partial charge on any atom is -0.355 e. The van der Waals surface area contributed by atoms with Crippen molar-refractivity contribution in [3.05, 3.63) is 28.2 Å². The van der Waals surface area contributed by atoms with E-state index in [0.717, 1.165) is 22.1 Å². The average Bonchev–Trinajstić information content (AvgIpc) is 3.10. The fourth-order valence-electron chi connectivity index (χ4n) is 2.05. The maximum atomic E-state index is 11.8. The van der Waals surface area contributed by atoms with Crippen molar-refractivity contribution in [1.82, 2.24) is 5.32 Å². The van der Waals surface area contributed by atoms with Crippen LogP contribution in [0.3, 0.4) is 0 Å². The minimum absolute atomic E-state index is 0.0711. The van der Waals surface area contributed by atoms with E-state index in [4.69, 9.17) is 0 Å². The molecular formula is C15H19BrN2O2. The summed E-state index contributed by atoms with van der Waals surface area (Å²) in [7, 11) is 0. The van der Waals surface area contributed by atoms with Gasteiger partial charge in [0.15, 0.2) is 0 Å². The smallest absolute Gasteiger partial charge is 0.226 e. The van der Waals surface area contributed by atoms with E-state index >= 15 is 0 Å². The molecule has 2 N–H and O–H groups in total. The van der Waals surface area contributed by atoms with Gasteiger partial charge in [0.1, 0.15) is 0 Å². The van der Waals surface area contributed by atoms with Gasteiger partial charge in [0, 0.05) is 23.4 Å². The molecule has 0 radical (unpaired) electrons. The molecule has 0 aliphatic heterocycles. The van der Waals surface area contributed by atoms with Crippen molar-refractivity contribution in [2.45, 2.75) is 26.7 Å². The predicted octanol–water partition coefficient (Wildman–Crippen LogP) is 2.86. The molecule has 0 spiro atoms. The van der Waals surface area contributed by atoms with E-state index in [1.165, 1.54) is 0 Å². The molecule has 20 heavy (non-hydrogen) atoms. The van der Waals surface area contributed by atoms with Crippen LogP contribution in [-0.2, 0) is 9.59 Å². The number of hydrogen-bond acceptors (Lipinski definition) is 2. The number of hydrogen-bond donors (Lipinski definition) is 2. The zero-order valence-electron chi connectivity index (χ0n) is 11.7. The largest absolute Gasteiger partial charge is 0.355 e. The number of aryl methyl sites for hydroxylation is 1. The van der Waals surface area contributed by atoms with Crippen molar-refractivity contribution in [3.63, 3.8) is 0 Å². The first kappa shape index (κ1) is 15.0. The maximum absolute atomic E-state index is 11.8. The Balaban J connectivity index is 1.73. The molecule has 4 nitrogen and oxygen atoms in total. The first-order valence-corrected chi connectivity index (χ1v) is 7.60. The Hall–Kier alpha value is -1.36. The minimum atomic E-state index is -0.0984. The van der Waals surface area contributed by atoms with E-state index in [1.807, 2.05) is 25.1 Å². The Morgan fingerprint density at radius 1 is 1.40 bits per heavy atom. The van der Waals surface area contributed by atoms with Gasteiger partial charge in [-0.15, -0.1) is 0 Å². The van der Waals surface area contributed by atoms with Crippen molar-refractivity contribution >= 4 is 33.4 Å². The molecule has 1 aromatic carbocycles. The number of carbonyl (C=O) groups is 2. The van der Waals surface area contributed by atoms with Crippen molar-refractivity contribution in [2.24, 2.45) is 11.8 Å². The van der Waals surface area contributed by atoms with Crippen molar-refractivity contribution in [2.75, 3.05) is 11.9 Å². The number of amides is 2. The highest BCUT2D eigenvalue weighted by atomic mass is 79.9. The number of rotatable bonds is 5. The average molecular weight is 339 g/mol. The summed E-state index contributed by atoms with van der Waals surface area (Å²) in [4.78, 5) is 23.4. The topological polar surface area (TPSA) is 58.2 Å². The SMILES string of the molecule is Cc1ccc(NC(=O)CCNC(=O)[C@H]2C[C@@H]2C)c(Br)c1. The van der Waals surface area contributed by atoms with Gasteiger partial charge in [-0.1, -0.05) is 13.0 Å². The first-order valence-electron chi connectivity index (χ1n) is 6.81. The lowest BCUT2D eigenvalue weighted by atomic mass is 10.2. The van der Waals surface area contributed by atoms with E-state index in [1.54, 1.807) is 0 Å². The third-order valence-electron chi connectivity index (χ3n) is 3.50. The summed E-state index contributed by atoms with van der Waals surface area (Å²) in [6, 6.07) is 5.75. The molecule has 108 valence electrons. The number of benzene rings is 1. The number of halogens is 1. The maximum Gasteiger partial charge on any atom is 0.226 e. The highest BCUT2D eigenvalue weighted by molar-refractivity contribution is 9.10. The molecule has 5 heteroatoms. The van der Waals surface area contributed by atoms with Crippen LogP contribution < -0.4 is 10.6 Å². The molecule has 0 heterocycles. The summed E-state index contributed by atoms with van der Waals surface area (Å²) in [5.41, 5.74) is 1.88. The third kappa shape index (κ3) is 4.07. The van der Waals surface area contributed by atoms with Crippen LogP contribution in [-0.4, -0.2) is 18.4 Å². The fourth-order valence-corrected chi connectivity index (χ4v) is 2.64. The molecule has 2 rings (SSSR count). The lowest BCUT2D eigenvalue weighted by Crippen LogP contribution is -2.29. The van der Waals surface area contributed by atoms with Gasteiger partial charge in [0.2, 0.25) is 11.8 Å². The second-order valence-electron chi connectivity index (χ2n) is 5.39. The van der Waals surface area contributed by atoms with Gasteiger partial charge in [-0.3, -0.25) is 9.59 Å². The molecule has 0 aromatic heterocycles. The van der Waals surface area contributed by atoms with E-state index in [-0.39, 0.29) is 24.2 Å². The molecule has 0 bridgehead atoms. The van der Waals surface area contributed by atoms with Crippen molar-refractivity contribution in [3.8, 4) is 0 Å². The predicted molar refractivity (Wildman–Crippen MR) is 82.4 cm³/mol. The van der Waals surface area contributed by atoms with Crippen LogP contribution in [0, 0.1) is 18.8 Å². The van der Waals surface area contributed by atoms with Crippen molar-refractivity contribution < 1.29 is 9.59 Å². The van der Waals surface area contributed by atoms with Crippen LogP contribution in [0.25, 0.3) is 0 Å². The summed E-state index contributed by atoms with van der Waals surface area (Å²) < 4.78 is 0.863. The zero-order chi connectivity index (χ0) is 14.7. The molecule has 1 fully saturated rings. The van der Waals surface area contributed by atoms with Crippen LogP contribution >= 0.6 is 15.9 Å². The van der Waals surface area contributed by atoms with Gasteiger partial charge in [-0.25, -0.2) is 0 Å². The fraction of sp³-hybridized carbons (Fsp3) is 0.467. The summed E-state index contributed by atoms with van der Waals surface area (Å²) in [6.45, 7) is 4.44. The van der Waals surface area contributed by atoms with E-state index in [0.29, 0.717) is 12.5 Å². The van der Waals surface area contributed by atoms with Gasteiger partial charge in [-0.2, -0.15) is 0 Å². The molecule has 2 atom stereocenters. The number of nitrogens with one attached hydrogen (secondary N) is 2. The van der Waals surface area contributed by atoms with Crippen LogP contribution in [0.15, 0.2) is 22.7 Å². The first-order chi connectivity index (χ1) is 9.47. The second-order valence-corrected chi connectivity index (χ2v) is 6.25. The Morgan fingerprint density at radius 3 is 2.70 bits per heavy atom. The molecule has 1 aliphatic carbocycles. The Labute approximate surface area is 127 Å². The normalized spacial score (nSPS) is 20.4. The summed E-state index contributed by atoms with van der Waals surface area (Å²) in [6.07, 6.45) is 1.25. The Kier molecular flexibility index (Phi) is 4.81. The molecular weight excluding hydrogens is 320 g/mol. The summed E-state index contributed by atoms with van der Waals surface area (Å²) in [5.74, 6) is 0.622. The highest BCUT2D eigenvalue weighted by Crippen LogP contribution is 2.37.